The molecule has 0 N–H and O–H groups in total. The minimum Gasteiger partial charge on any atom is -0.295 e. The van der Waals surface area contributed by atoms with Crippen LogP contribution in [0, 0.1) is 0 Å². The molecule has 0 fully saturated rings. The summed E-state index contributed by atoms with van der Waals surface area (Å²) in [5.74, 6) is 0.0259. The lowest BCUT2D eigenvalue weighted by atomic mass is 10.1. The van der Waals surface area contributed by atoms with Crippen LogP contribution in [0.5, 0.6) is 0 Å². The molecular weight excluding hydrogens is 148 g/mol. The van der Waals surface area contributed by atoms with Crippen LogP contribution < -0.4 is 0 Å². The van der Waals surface area contributed by atoms with Crippen LogP contribution in [0.1, 0.15) is 27.7 Å². The lowest BCUT2D eigenvalue weighted by Crippen LogP contribution is -1.92. The van der Waals surface area contributed by atoms with Crippen molar-refractivity contribution in [3.05, 3.63) is 36.5 Å². The topological polar surface area (TPSA) is 17.1 Å². The Morgan fingerprint density at radius 3 is 1.75 bits per heavy atom. The van der Waals surface area contributed by atoms with Gasteiger partial charge in [0.05, 0.1) is 0 Å². The van der Waals surface area contributed by atoms with E-state index in [-0.39, 0.29) is 5.78 Å². The van der Waals surface area contributed by atoms with Gasteiger partial charge in [-0.1, -0.05) is 38.7 Å². The van der Waals surface area contributed by atoms with Gasteiger partial charge in [-0.25, -0.2) is 0 Å². The van der Waals surface area contributed by atoms with Crippen LogP contribution in [0.15, 0.2) is 36.5 Å². The number of ketones is 1. The van der Waals surface area contributed by atoms with Gasteiger partial charge in [0.2, 0.25) is 0 Å². The van der Waals surface area contributed by atoms with Crippen LogP contribution in [0.25, 0.3) is 0 Å². The second-order valence-electron chi connectivity index (χ2n) is 2.21. The molecule has 0 aromatic rings. The summed E-state index contributed by atoms with van der Waals surface area (Å²) in [7, 11) is 0. The maximum Gasteiger partial charge on any atom is 0.159 e. The summed E-state index contributed by atoms with van der Waals surface area (Å²) in [6.45, 7) is 14.5. The van der Waals surface area contributed by atoms with Gasteiger partial charge in [0.15, 0.2) is 5.78 Å². The zero-order chi connectivity index (χ0) is 10.1. The number of allylic oxidation sites excluding steroid dienone is 4. The van der Waals surface area contributed by atoms with E-state index in [9.17, 15) is 4.79 Å². The Balaban J connectivity index is 0. The molecule has 0 aliphatic carbocycles. The van der Waals surface area contributed by atoms with Crippen molar-refractivity contribution in [3.8, 4) is 0 Å². The minimum atomic E-state index is 0.0259. The highest BCUT2D eigenvalue weighted by atomic mass is 16.1. The van der Waals surface area contributed by atoms with E-state index in [1.54, 1.807) is 6.08 Å². The maximum atomic E-state index is 10.7. The van der Waals surface area contributed by atoms with Crippen molar-refractivity contribution in [2.24, 2.45) is 0 Å². The normalized spacial score (nSPS) is 9.50. The number of hydrogen-bond acceptors (Lipinski definition) is 1. The molecule has 0 heterocycles. The fourth-order valence-electron chi connectivity index (χ4n) is 0.570. The molecule has 0 atom stereocenters. The molecule has 1 nitrogen and oxygen atoms in total. The molecule has 0 amide bonds. The molecule has 0 saturated heterocycles. The molecule has 0 saturated carbocycles. The molecule has 0 radical (unpaired) electrons. The Hall–Kier alpha value is -1.11. The summed E-state index contributed by atoms with van der Waals surface area (Å²) in [6.07, 6.45) is 3.26. The Morgan fingerprint density at radius 2 is 1.67 bits per heavy atom. The summed E-state index contributed by atoms with van der Waals surface area (Å²) in [5.41, 5.74) is 1.48. The molecule has 0 spiro atoms. The highest BCUT2D eigenvalue weighted by molar-refractivity contribution is 5.96. The molecule has 0 aliphatic heterocycles. The predicted molar refractivity (Wildman–Crippen MR) is 55.1 cm³/mol. The molecule has 68 valence electrons. The lowest BCUT2D eigenvalue weighted by molar-refractivity contribution is -0.113. The number of carbonyl (C=O) groups excluding carboxylic acids is 1. The fourth-order valence-corrected chi connectivity index (χ4v) is 0.570. The van der Waals surface area contributed by atoms with Crippen molar-refractivity contribution in [1.29, 1.82) is 0 Å². The van der Waals surface area contributed by atoms with Crippen LogP contribution >= 0.6 is 0 Å². The average Bonchev–Trinajstić information content (AvgIpc) is 2.03. The van der Waals surface area contributed by atoms with Crippen molar-refractivity contribution >= 4 is 5.78 Å². The first-order chi connectivity index (χ1) is 5.57. The highest BCUT2D eigenvalue weighted by Crippen LogP contribution is 2.01. The van der Waals surface area contributed by atoms with Crippen molar-refractivity contribution < 1.29 is 4.79 Å². The third-order valence-electron chi connectivity index (χ3n) is 1.03. The van der Waals surface area contributed by atoms with E-state index in [0.717, 1.165) is 5.57 Å². The second kappa shape index (κ2) is 7.99. The first-order valence-electron chi connectivity index (χ1n) is 4.08. The highest BCUT2D eigenvalue weighted by Gasteiger charge is 1.95. The van der Waals surface area contributed by atoms with E-state index in [4.69, 9.17) is 0 Å². The molecule has 0 rings (SSSR count). The number of Topliss-reactive ketones (excluding diaryl/α,β-unsaturated/α-hetero) is 1. The summed E-state index contributed by atoms with van der Waals surface area (Å²) in [6, 6.07) is 0. The van der Waals surface area contributed by atoms with Gasteiger partial charge in [-0.15, -0.1) is 0 Å². The quantitative estimate of drug-likeness (QED) is 0.464. The molecule has 12 heavy (non-hydrogen) atoms. The first kappa shape index (κ1) is 13.5. The van der Waals surface area contributed by atoms with Gasteiger partial charge < -0.3 is 0 Å². The van der Waals surface area contributed by atoms with E-state index in [1.807, 2.05) is 20.8 Å². The standard InChI is InChI=1S/C9H12O.C2H6/c1-5-9(8(4)10)6-7(2)3;1-2/h5-6H,1-2H2,3-4H3;1-2H3/b9-6+;. The molecule has 1 heteroatoms. The predicted octanol–water partition coefficient (Wildman–Crippen LogP) is 3.29. The Morgan fingerprint density at radius 1 is 1.25 bits per heavy atom. The summed E-state index contributed by atoms with van der Waals surface area (Å²) in [4.78, 5) is 10.7. The molecule has 0 bridgehead atoms. The second-order valence-corrected chi connectivity index (χ2v) is 2.21. The lowest BCUT2D eigenvalue weighted by Gasteiger charge is -1.93. The number of rotatable bonds is 3. The van der Waals surface area contributed by atoms with Crippen LogP contribution in [0.3, 0.4) is 0 Å². The van der Waals surface area contributed by atoms with Crippen molar-refractivity contribution in [3.63, 3.8) is 0 Å². The van der Waals surface area contributed by atoms with Gasteiger partial charge in [-0.05, 0) is 19.9 Å². The first-order valence-corrected chi connectivity index (χ1v) is 4.08. The molecule has 0 aromatic carbocycles. The monoisotopic (exact) mass is 166 g/mol. The molecular formula is C11H18O. The average molecular weight is 166 g/mol. The van der Waals surface area contributed by atoms with Crippen molar-refractivity contribution in [2.75, 3.05) is 0 Å². The Bertz CT molecular complexity index is 197. The third-order valence-corrected chi connectivity index (χ3v) is 1.03. The van der Waals surface area contributed by atoms with Crippen molar-refractivity contribution in [2.45, 2.75) is 27.7 Å². The smallest absolute Gasteiger partial charge is 0.159 e. The SMILES string of the molecule is C=C/C(=C\C(=C)C)C(C)=O.CC. The maximum absolute atomic E-state index is 10.7. The van der Waals surface area contributed by atoms with Gasteiger partial charge in [-0.2, -0.15) is 0 Å². The van der Waals surface area contributed by atoms with Gasteiger partial charge in [0, 0.05) is 5.57 Å². The Labute approximate surface area is 75.5 Å². The Kier molecular flexibility index (Phi) is 8.98. The number of hydrogen-bond donors (Lipinski definition) is 0. The van der Waals surface area contributed by atoms with Gasteiger partial charge in [-0.3, -0.25) is 4.79 Å². The zero-order valence-corrected chi connectivity index (χ0v) is 8.48. The largest absolute Gasteiger partial charge is 0.295 e. The summed E-state index contributed by atoms with van der Waals surface area (Å²) < 4.78 is 0. The zero-order valence-electron chi connectivity index (χ0n) is 8.48. The molecule has 0 aliphatic rings. The van der Waals surface area contributed by atoms with Crippen LogP contribution in [0.4, 0.5) is 0 Å². The van der Waals surface area contributed by atoms with E-state index < -0.39 is 0 Å². The minimum absolute atomic E-state index is 0.0259. The van der Waals surface area contributed by atoms with E-state index in [2.05, 4.69) is 13.2 Å². The van der Waals surface area contributed by atoms with Crippen LogP contribution in [-0.4, -0.2) is 5.78 Å². The van der Waals surface area contributed by atoms with E-state index >= 15 is 0 Å². The number of carbonyl (C=O) groups is 1. The summed E-state index contributed by atoms with van der Waals surface area (Å²) >= 11 is 0. The van der Waals surface area contributed by atoms with Gasteiger partial charge >= 0.3 is 0 Å². The van der Waals surface area contributed by atoms with Crippen LogP contribution in [0.2, 0.25) is 0 Å². The van der Waals surface area contributed by atoms with E-state index in [0.29, 0.717) is 5.57 Å². The van der Waals surface area contributed by atoms with Gasteiger partial charge in [0.25, 0.3) is 0 Å². The van der Waals surface area contributed by atoms with Gasteiger partial charge in [0.1, 0.15) is 0 Å². The molecule has 0 aromatic heterocycles. The third kappa shape index (κ3) is 7.00. The molecule has 0 unspecified atom stereocenters. The fraction of sp³-hybridized carbons (Fsp3) is 0.364. The van der Waals surface area contributed by atoms with Crippen molar-refractivity contribution in [1.82, 2.24) is 0 Å². The van der Waals surface area contributed by atoms with E-state index in [1.165, 1.54) is 13.0 Å². The summed E-state index contributed by atoms with van der Waals surface area (Å²) in [5, 5.41) is 0. The van der Waals surface area contributed by atoms with Crippen LogP contribution in [-0.2, 0) is 4.79 Å².